The van der Waals surface area contributed by atoms with Gasteiger partial charge in [-0.05, 0) is 31.0 Å². The maximum Gasteiger partial charge on any atom is 0.255 e. The number of aryl methyl sites for hydroxylation is 1. The van der Waals surface area contributed by atoms with E-state index in [9.17, 15) is 13.2 Å². The maximum absolute atomic E-state index is 12.4. The van der Waals surface area contributed by atoms with E-state index in [4.69, 9.17) is 11.6 Å². The third-order valence-electron chi connectivity index (χ3n) is 3.79. The number of amides is 1. The maximum atomic E-state index is 12.4. The molecule has 0 radical (unpaired) electrons. The Labute approximate surface area is 145 Å². The normalized spacial score (nSPS) is 16.8. The quantitative estimate of drug-likeness (QED) is 0.900. The Morgan fingerprint density at radius 3 is 2.79 bits per heavy atom. The minimum atomic E-state index is -3.39. The molecule has 1 aromatic carbocycles. The summed E-state index contributed by atoms with van der Waals surface area (Å²) >= 11 is 6.17. The van der Waals surface area contributed by atoms with Gasteiger partial charge in [-0.2, -0.15) is 5.10 Å². The molecule has 3 rings (SSSR count). The molecule has 0 saturated carbocycles. The summed E-state index contributed by atoms with van der Waals surface area (Å²) in [5.74, 6) is -0.259. The van der Waals surface area contributed by atoms with Crippen LogP contribution in [0.25, 0.3) is 0 Å². The smallest absolute Gasteiger partial charge is 0.255 e. The highest BCUT2D eigenvalue weighted by atomic mass is 35.5. The number of anilines is 2. The highest BCUT2D eigenvalue weighted by molar-refractivity contribution is 7.92. The van der Waals surface area contributed by atoms with Gasteiger partial charge in [0.05, 0.1) is 28.3 Å². The third kappa shape index (κ3) is 3.39. The molecule has 1 aromatic heterocycles. The van der Waals surface area contributed by atoms with Gasteiger partial charge in [0.1, 0.15) is 0 Å². The highest BCUT2D eigenvalue weighted by Gasteiger charge is 2.28. The molecular weight excluding hydrogens is 352 g/mol. The molecule has 1 fully saturated rings. The molecule has 24 heavy (non-hydrogen) atoms. The zero-order valence-electron chi connectivity index (χ0n) is 13.1. The zero-order chi connectivity index (χ0) is 17.3. The van der Waals surface area contributed by atoms with Crippen molar-refractivity contribution in [3.05, 3.63) is 41.2 Å². The summed E-state index contributed by atoms with van der Waals surface area (Å²) in [7, 11) is -1.65. The summed E-state index contributed by atoms with van der Waals surface area (Å²) in [6.45, 7) is 0.371. The highest BCUT2D eigenvalue weighted by Crippen LogP contribution is 2.31. The molecule has 1 aliphatic rings. The van der Waals surface area contributed by atoms with Gasteiger partial charge in [-0.15, -0.1) is 0 Å². The number of sulfonamides is 1. The molecule has 0 spiro atoms. The van der Waals surface area contributed by atoms with Crippen LogP contribution in [-0.2, 0) is 17.1 Å². The largest absolute Gasteiger partial charge is 0.319 e. The number of halogens is 1. The van der Waals surface area contributed by atoms with Crippen molar-refractivity contribution in [2.45, 2.75) is 12.8 Å². The number of benzene rings is 1. The van der Waals surface area contributed by atoms with Gasteiger partial charge in [0, 0.05) is 25.4 Å². The Hall–Kier alpha value is -2.06. The van der Waals surface area contributed by atoms with Gasteiger partial charge < -0.3 is 5.32 Å². The minimum Gasteiger partial charge on any atom is -0.319 e. The monoisotopic (exact) mass is 368 g/mol. The van der Waals surface area contributed by atoms with E-state index in [0.29, 0.717) is 34.9 Å². The van der Waals surface area contributed by atoms with Gasteiger partial charge in [-0.25, -0.2) is 8.42 Å². The first kappa shape index (κ1) is 16.8. The van der Waals surface area contributed by atoms with E-state index >= 15 is 0 Å². The lowest BCUT2D eigenvalue weighted by Gasteiger charge is -2.29. The van der Waals surface area contributed by atoms with Crippen LogP contribution in [0.15, 0.2) is 30.6 Å². The van der Waals surface area contributed by atoms with Gasteiger partial charge >= 0.3 is 0 Å². The lowest BCUT2D eigenvalue weighted by molar-refractivity contribution is 0.102. The van der Waals surface area contributed by atoms with Crippen LogP contribution in [-0.4, -0.2) is 36.4 Å². The van der Waals surface area contributed by atoms with Crippen LogP contribution in [0.1, 0.15) is 23.2 Å². The van der Waals surface area contributed by atoms with Crippen molar-refractivity contribution in [2.75, 3.05) is 21.9 Å². The Morgan fingerprint density at radius 2 is 2.12 bits per heavy atom. The van der Waals surface area contributed by atoms with E-state index in [0.717, 1.165) is 6.42 Å². The standard InChI is InChI=1S/C15H17ClN4O3S/c1-19-10-12(9-17-19)18-15(21)11-4-5-13(16)14(8-11)20-6-2-3-7-24(20,22)23/h4-5,8-10H,2-3,6-7H2,1H3,(H,18,21). The van der Waals surface area contributed by atoms with Gasteiger partial charge in [0.2, 0.25) is 10.0 Å². The van der Waals surface area contributed by atoms with E-state index in [1.54, 1.807) is 30.1 Å². The second kappa shape index (κ2) is 6.45. The number of hydrogen-bond donors (Lipinski definition) is 1. The van der Waals surface area contributed by atoms with Crippen LogP contribution in [0.2, 0.25) is 5.02 Å². The van der Waals surface area contributed by atoms with Crippen molar-refractivity contribution < 1.29 is 13.2 Å². The van der Waals surface area contributed by atoms with Crippen LogP contribution >= 0.6 is 11.6 Å². The number of nitrogens with one attached hydrogen (secondary N) is 1. The fourth-order valence-corrected chi connectivity index (χ4v) is 4.51. The number of nitrogens with zero attached hydrogens (tertiary/aromatic N) is 3. The van der Waals surface area contributed by atoms with Crippen molar-refractivity contribution in [3.8, 4) is 0 Å². The Morgan fingerprint density at radius 1 is 1.33 bits per heavy atom. The average Bonchev–Trinajstić information content (AvgIpc) is 2.93. The van der Waals surface area contributed by atoms with Gasteiger partial charge in [0.15, 0.2) is 0 Å². The molecule has 0 atom stereocenters. The van der Waals surface area contributed by atoms with Gasteiger partial charge in [-0.3, -0.25) is 13.8 Å². The van der Waals surface area contributed by atoms with Crippen molar-refractivity contribution >= 4 is 38.9 Å². The second-order valence-corrected chi connectivity index (χ2v) is 8.04. The molecule has 9 heteroatoms. The molecular formula is C15H17ClN4O3S. The van der Waals surface area contributed by atoms with Crippen LogP contribution in [0.5, 0.6) is 0 Å². The van der Waals surface area contributed by atoms with Crippen molar-refractivity contribution in [2.24, 2.45) is 7.05 Å². The van der Waals surface area contributed by atoms with Crippen LogP contribution < -0.4 is 9.62 Å². The Kier molecular flexibility index (Phi) is 4.51. The molecule has 0 aliphatic carbocycles. The molecule has 7 nitrogen and oxygen atoms in total. The number of carbonyl (C=O) groups excluding carboxylic acids is 1. The van der Waals surface area contributed by atoms with Gasteiger partial charge in [-0.1, -0.05) is 11.6 Å². The van der Waals surface area contributed by atoms with E-state index in [-0.39, 0.29) is 11.7 Å². The molecule has 1 amide bonds. The zero-order valence-corrected chi connectivity index (χ0v) is 14.6. The molecule has 1 saturated heterocycles. The molecule has 2 heterocycles. The van der Waals surface area contributed by atoms with E-state index < -0.39 is 10.0 Å². The number of carbonyl (C=O) groups is 1. The first-order chi connectivity index (χ1) is 11.4. The SMILES string of the molecule is Cn1cc(NC(=O)c2ccc(Cl)c(N3CCCCS3(=O)=O)c2)cn1. The number of rotatable bonds is 3. The molecule has 0 unspecified atom stereocenters. The van der Waals surface area contributed by atoms with E-state index in [1.807, 2.05) is 0 Å². The van der Waals surface area contributed by atoms with Crippen LogP contribution in [0.4, 0.5) is 11.4 Å². The van der Waals surface area contributed by atoms with Crippen LogP contribution in [0, 0.1) is 0 Å². The van der Waals surface area contributed by atoms with E-state index in [1.165, 1.54) is 16.6 Å². The lowest BCUT2D eigenvalue weighted by atomic mass is 10.1. The average molecular weight is 369 g/mol. The summed E-state index contributed by atoms with van der Waals surface area (Å²) < 4.78 is 27.4. The lowest BCUT2D eigenvalue weighted by Crippen LogP contribution is -2.38. The van der Waals surface area contributed by atoms with Crippen LogP contribution in [0.3, 0.4) is 0 Å². The molecule has 2 aromatic rings. The predicted octanol–water partition coefficient (Wildman–Crippen LogP) is 2.26. The molecule has 0 bridgehead atoms. The number of hydrogen-bond acceptors (Lipinski definition) is 4. The van der Waals surface area contributed by atoms with Crippen molar-refractivity contribution in [1.82, 2.24) is 9.78 Å². The molecule has 1 aliphatic heterocycles. The third-order valence-corrected chi connectivity index (χ3v) is 5.96. The summed E-state index contributed by atoms with van der Waals surface area (Å²) in [5.41, 5.74) is 1.24. The topological polar surface area (TPSA) is 84.3 Å². The Bertz CT molecular complexity index is 879. The molecule has 128 valence electrons. The first-order valence-corrected chi connectivity index (χ1v) is 9.45. The first-order valence-electron chi connectivity index (χ1n) is 7.47. The fourth-order valence-electron chi connectivity index (χ4n) is 2.59. The Balaban J connectivity index is 1.89. The molecule has 1 N–H and O–H groups in total. The number of aromatic nitrogens is 2. The summed E-state index contributed by atoms with van der Waals surface area (Å²) in [4.78, 5) is 12.4. The van der Waals surface area contributed by atoms with Crippen molar-refractivity contribution in [3.63, 3.8) is 0 Å². The summed E-state index contributed by atoms with van der Waals surface area (Å²) in [5, 5.41) is 7.00. The second-order valence-electron chi connectivity index (χ2n) is 5.62. The fraction of sp³-hybridized carbons (Fsp3) is 0.333. The van der Waals surface area contributed by atoms with E-state index in [2.05, 4.69) is 10.4 Å². The van der Waals surface area contributed by atoms with Gasteiger partial charge in [0.25, 0.3) is 5.91 Å². The van der Waals surface area contributed by atoms with Crippen molar-refractivity contribution in [1.29, 1.82) is 0 Å². The summed E-state index contributed by atoms with van der Waals surface area (Å²) in [6.07, 6.45) is 4.60. The predicted molar refractivity (Wildman–Crippen MR) is 93.0 cm³/mol. The minimum absolute atomic E-state index is 0.0927. The summed E-state index contributed by atoms with van der Waals surface area (Å²) in [6, 6.07) is 4.62.